The van der Waals surface area contributed by atoms with Crippen LogP contribution < -0.4 is 64.2 Å². The number of carbonyl (C=O) groups is 15. The number of hydrogen-bond donors (Lipinski definition) is 14. The summed E-state index contributed by atoms with van der Waals surface area (Å²) < 4.78 is 63.0. The number of halogens is 4. The number of likely N-dealkylation sites (tertiary alicyclic amines) is 1. The average Bonchev–Trinajstić information content (AvgIpc) is 1.66. The predicted octanol–water partition coefficient (Wildman–Crippen LogP) is 2.67. The molecule has 0 aromatic heterocycles. The van der Waals surface area contributed by atoms with Crippen LogP contribution in [0.25, 0.3) is 0 Å². The third kappa shape index (κ3) is 34.3. The van der Waals surface area contributed by atoms with E-state index in [0.29, 0.717) is 36.4 Å². The van der Waals surface area contributed by atoms with E-state index >= 15 is 17.6 Å². The van der Waals surface area contributed by atoms with Crippen molar-refractivity contribution in [1.82, 2.24) is 68.3 Å². The van der Waals surface area contributed by atoms with Gasteiger partial charge in [-0.15, -0.1) is 0 Å². The first-order valence-electron chi connectivity index (χ1n) is 38.7. The number of fused-ring (bicyclic) bond motifs is 2. The summed E-state index contributed by atoms with van der Waals surface area (Å²) >= 11 is 1.13. The highest BCUT2D eigenvalue weighted by molar-refractivity contribution is 7.99. The van der Waals surface area contributed by atoms with Gasteiger partial charge in [0.15, 0.2) is 23.3 Å². The number of benzene rings is 1. The molecule has 37 heteroatoms. The van der Waals surface area contributed by atoms with Crippen molar-refractivity contribution in [3.63, 3.8) is 0 Å². The quantitative estimate of drug-likeness (QED) is 0.0199. The highest BCUT2D eigenvalue weighted by Gasteiger charge is 2.41. The van der Waals surface area contributed by atoms with Crippen LogP contribution in [-0.2, 0) is 83.4 Å². The van der Waals surface area contributed by atoms with Gasteiger partial charge in [-0.25, -0.2) is 17.6 Å². The SMILES string of the molecule is CCCCCCCCCCCCCCCCCC(=O)NCCC(=O)N[C@@H](CC(C)C)C(=O)NCC(=O)N[C@H]1CSCc2c(F)c(F)c(F)c(F)c2CSCC(C(=O)N[C@@H](CC(C)C)C(=O)N2CCC[C@H]2C(N)=O)NC(=O)CNC(=O)CNC(=O)[C@H]([C@@H](C)O)NC(=O)[C@H](CCC(=O)O)NC(=O)[C@@H]2CCCN2C(=O)CNC1=O. The van der Waals surface area contributed by atoms with Gasteiger partial charge in [0, 0.05) is 73.0 Å². The number of aliphatic hydroxyl groups excluding tert-OH is 1. The first-order chi connectivity index (χ1) is 52.7. The summed E-state index contributed by atoms with van der Waals surface area (Å²) in [5.74, 6) is -25.8. The second kappa shape index (κ2) is 50.6. The molecule has 0 radical (unpaired) electrons. The topological polar surface area (TPSA) is 461 Å². The van der Waals surface area contributed by atoms with Crippen molar-refractivity contribution in [3.05, 3.63) is 34.4 Å². The van der Waals surface area contributed by atoms with Crippen LogP contribution in [0, 0.1) is 35.1 Å². The number of aliphatic carboxylic acids is 1. The lowest BCUT2D eigenvalue weighted by molar-refractivity contribution is -0.141. The van der Waals surface area contributed by atoms with Crippen molar-refractivity contribution >= 4 is 112 Å². The smallest absolute Gasteiger partial charge is 0.303 e. The Morgan fingerprint density at radius 3 is 1.71 bits per heavy atom. The predicted molar refractivity (Wildman–Crippen MR) is 406 cm³/mol. The molecule has 111 heavy (non-hydrogen) atoms. The van der Waals surface area contributed by atoms with Crippen molar-refractivity contribution in [1.29, 1.82) is 0 Å². The maximum absolute atomic E-state index is 16.2. The zero-order valence-electron chi connectivity index (χ0n) is 64.6. The van der Waals surface area contributed by atoms with E-state index in [4.69, 9.17) is 5.73 Å². The summed E-state index contributed by atoms with van der Waals surface area (Å²) in [4.78, 5) is 205. The fraction of sp³-hybridized carbons (Fsp3) is 0.716. The third-order valence-corrected chi connectivity index (χ3v) is 21.1. The zero-order valence-corrected chi connectivity index (χ0v) is 66.3. The summed E-state index contributed by atoms with van der Waals surface area (Å²) in [5.41, 5.74) is 3.98. The number of unbranched alkanes of at least 4 members (excludes halogenated alkanes) is 14. The Labute approximate surface area is 654 Å². The Balaban J connectivity index is 1.59. The minimum absolute atomic E-state index is 0.0199. The van der Waals surface area contributed by atoms with Gasteiger partial charge in [-0.3, -0.25) is 71.9 Å². The number of nitrogens with two attached hydrogens (primary N) is 1. The Morgan fingerprint density at radius 2 is 1.14 bits per heavy atom. The van der Waals surface area contributed by atoms with Gasteiger partial charge in [0.2, 0.25) is 82.7 Å². The lowest BCUT2D eigenvalue weighted by Crippen LogP contribution is -2.59. The van der Waals surface area contributed by atoms with Crippen molar-refractivity contribution in [2.45, 2.75) is 268 Å². The standard InChI is InChI=1S/C74H116F4N14O17S2/c1-7-8-9-10-11-12-13-14-15-16-17-18-19-20-21-26-55(94)80-30-29-56(95)85-49(33-43(2)3)68(103)82-37-59(98)86-51-41-110-39-46-47(63(76)65(78)64(77)62(46)75)40-111-42-52(71(106)89-50(34-44(4)5)74(109)92-32-22-24-53(92)67(79)102)87-58(97)36-81-57(96)35-83-73(108)66(45(6)93)90-70(105)48(27-28-61(100)101)88-72(107)54-25-23-31-91(54)60(99)38-84-69(51)104/h43-45,48-54,66,93H,7-42H2,1-6H3,(H2,79,102)(H,80,94)(H,81,96)(H,82,103)(H,83,108)(H,84,104)(H,85,95)(H,86,98)(H,87,97)(H,88,107)(H,89,106)(H,90,105)(H,100,101)/t45-,48+,49+,50+,51+,52?,53+,54+,66+/m1/s1. The first kappa shape index (κ1) is 95.0. The molecule has 2 saturated heterocycles. The fourth-order valence-electron chi connectivity index (χ4n) is 13.0. The molecule has 0 spiro atoms. The molecular formula is C74H116F4N14O17S2. The fourth-order valence-corrected chi connectivity index (χ4v) is 15.1. The van der Waals surface area contributed by atoms with E-state index < -0.39 is 234 Å². The van der Waals surface area contributed by atoms with E-state index in [1.807, 2.05) is 0 Å². The number of thioether (sulfide) groups is 2. The van der Waals surface area contributed by atoms with E-state index in [9.17, 15) is 82.1 Å². The molecule has 14 amide bonds. The van der Waals surface area contributed by atoms with E-state index in [2.05, 4.69) is 65.4 Å². The van der Waals surface area contributed by atoms with Gasteiger partial charge in [0.05, 0.1) is 32.3 Å². The third-order valence-electron chi connectivity index (χ3n) is 19.0. The van der Waals surface area contributed by atoms with E-state index in [1.54, 1.807) is 27.7 Å². The Bertz CT molecular complexity index is 3340. The second-order valence-electron chi connectivity index (χ2n) is 29.2. The number of aliphatic hydroxyl groups is 1. The Kier molecular flexibility index (Phi) is 43.3. The van der Waals surface area contributed by atoms with Crippen LogP contribution in [0.2, 0.25) is 0 Å². The summed E-state index contributed by atoms with van der Waals surface area (Å²) in [5, 5.41) is 46.7. The maximum Gasteiger partial charge on any atom is 0.303 e. The molecule has 0 aliphatic carbocycles. The van der Waals surface area contributed by atoms with Crippen LogP contribution >= 0.6 is 23.5 Å². The average molecular weight is 1610 g/mol. The first-order valence-corrected chi connectivity index (χ1v) is 41.0. The molecule has 0 bridgehead atoms. The van der Waals surface area contributed by atoms with Crippen molar-refractivity contribution in [3.8, 4) is 0 Å². The number of nitrogens with zero attached hydrogens (tertiary/aromatic N) is 2. The van der Waals surface area contributed by atoms with E-state index in [0.717, 1.165) is 37.5 Å². The van der Waals surface area contributed by atoms with E-state index in [1.165, 1.54) is 69.1 Å². The van der Waals surface area contributed by atoms with Crippen LogP contribution in [0.3, 0.4) is 0 Å². The van der Waals surface area contributed by atoms with Crippen LogP contribution in [0.5, 0.6) is 0 Å². The molecule has 624 valence electrons. The second-order valence-corrected chi connectivity index (χ2v) is 31.3. The number of carboxylic acids is 1. The number of primary amides is 1. The molecular weight excluding hydrogens is 1500 g/mol. The van der Waals surface area contributed by atoms with Crippen molar-refractivity contribution < 1.29 is 99.7 Å². The van der Waals surface area contributed by atoms with Gasteiger partial charge < -0.3 is 84.2 Å². The summed E-state index contributed by atoms with van der Waals surface area (Å²) in [6, 6.07) is -12.1. The molecule has 3 aliphatic rings. The van der Waals surface area contributed by atoms with Crippen LogP contribution in [-0.4, -0.2) is 220 Å². The monoisotopic (exact) mass is 1610 g/mol. The lowest BCUT2D eigenvalue weighted by atomic mass is 10.0. The minimum Gasteiger partial charge on any atom is -0.481 e. The van der Waals surface area contributed by atoms with Crippen LogP contribution in [0.15, 0.2) is 0 Å². The number of rotatable bonds is 36. The minimum atomic E-state index is -2.25. The van der Waals surface area contributed by atoms with Crippen LogP contribution in [0.4, 0.5) is 17.6 Å². The summed E-state index contributed by atoms with van der Waals surface area (Å²) in [6.07, 6.45) is 15.5. The van der Waals surface area contributed by atoms with Gasteiger partial charge in [0.1, 0.15) is 48.3 Å². The normalized spacial score (nSPS) is 20.5. The van der Waals surface area contributed by atoms with Crippen molar-refractivity contribution in [2.75, 3.05) is 57.3 Å². The molecule has 3 heterocycles. The van der Waals surface area contributed by atoms with Gasteiger partial charge in [-0.1, -0.05) is 125 Å². The highest BCUT2D eigenvalue weighted by atomic mass is 32.2. The molecule has 1 aromatic rings. The van der Waals surface area contributed by atoms with Gasteiger partial charge in [0.25, 0.3) is 0 Å². The summed E-state index contributed by atoms with van der Waals surface area (Å²) in [6.45, 7) is 6.65. The zero-order chi connectivity index (χ0) is 82.3. The molecule has 15 N–H and O–H groups in total. The van der Waals surface area contributed by atoms with Crippen LogP contribution in [0.1, 0.15) is 213 Å². The molecule has 2 fully saturated rings. The molecule has 4 rings (SSSR count). The molecule has 31 nitrogen and oxygen atoms in total. The summed E-state index contributed by atoms with van der Waals surface area (Å²) in [7, 11) is 0. The largest absolute Gasteiger partial charge is 0.481 e. The molecule has 9 atom stereocenters. The molecule has 3 aliphatic heterocycles. The van der Waals surface area contributed by atoms with E-state index in [-0.39, 0.29) is 82.3 Å². The Hall–Kier alpha value is -8.35. The number of hydrogen-bond acceptors (Lipinski definition) is 18. The molecule has 1 aromatic carbocycles. The Morgan fingerprint density at radius 1 is 0.577 bits per heavy atom. The maximum atomic E-state index is 16.2. The molecule has 1 unspecified atom stereocenters. The number of nitrogens with one attached hydrogen (secondary N) is 11. The van der Waals surface area contributed by atoms with Crippen molar-refractivity contribution in [2.24, 2.45) is 17.6 Å². The molecule has 0 saturated carbocycles. The number of carboxylic acid groups (broad SMARTS) is 1. The van der Waals surface area contributed by atoms with Gasteiger partial charge in [-0.2, -0.15) is 23.5 Å². The van der Waals surface area contributed by atoms with Gasteiger partial charge in [-0.05, 0) is 70.1 Å². The lowest BCUT2D eigenvalue weighted by Gasteiger charge is -2.30. The number of carbonyl (C=O) groups excluding carboxylic acids is 14. The number of amides is 14. The van der Waals surface area contributed by atoms with Gasteiger partial charge >= 0.3 is 5.97 Å². The highest BCUT2D eigenvalue weighted by Crippen LogP contribution is 2.32.